The minimum atomic E-state index is -0.0750. The molecule has 3 aromatic rings. The number of carbonyl (C=O) groups is 1. The number of amides is 1. The average molecular weight is 470 g/mol. The van der Waals surface area contributed by atoms with Crippen molar-refractivity contribution in [2.24, 2.45) is 5.92 Å². The van der Waals surface area contributed by atoms with Gasteiger partial charge in [-0.25, -0.2) is 4.98 Å². The zero-order chi connectivity index (χ0) is 23.5. The maximum atomic E-state index is 13.4. The highest BCUT2D eigenvalue weighted by molar-refractivity contribution is 6.32. The molecule has 174 valence electrons. The number of rotatable bonds is 6. The molecule has 1 aliphatic heterocycles. The number of anilines is 2. The van der Waals surface area contributed by atoms with Crippen molar-refractivity contribution in [1.29, 1.82) is 0 Å². The Morgan fingerprint density at radius 3 is 2.45 bits per heavy atom. The van der Waals surface area contributed by atoms with Crippen LogP contribution in [0.5, 0.6) is 17.2 Å². The Morgan fingerprint density at radius 2 is 1.79 bits per heavy atom. The van der Waals surface area contributed by atoms with Gasteiger partial charge in [-0.2, -0.15) is 0 Å². The third-order valence-electron chi connectivity index (χ3n) is 5.91. The fourth-order valence-corrected chi connectivity index (χ4v) is 4.46. The molecule has 1 N–H and O–H groups in total. The zero-order valence-corrected chi connectivity index (χ0v) is 20.0. The molecule has 4 rings (SSSR count). The minimum Gasteiger partial charge on any atom is -0.495 e. The number of aromatic nitrogens is 1. The summed E-state index contributed by atoms with van der Waals surface area (Å²) < 4.78 is 16.2. The Morgan fingerprint density at radius 1 is 1.06 bits per heavy atom. The molecule has 8 heteroatoms. The van der Waals surface area contributed by atoms with E-state index in [0.29, 0.717) is 39.4 Å². The summed E-state index contributed by atoms with van der Waals surface area (Å²) in [7, 11) is 4.74. The summed E-state index contributed by atoms with van der Waals surface area (Å²) in [6, 6.07) is 10.9. The van der Waals surface area contributed by atoms with Crippen LogP contribution in [0.3, 0.4) is 0 Å². The van der Waals surface area contributed by atoms with Crippen LogP contribution in [-0.2, 0) is 0 Å². The van der Waals surface area contributed by atoms with Crippen molar-refractivity contribution in [2.75, 3.05) is 39.7 Å². The molecule has 33 heavy (non-hydrogen) atoms. The first kappa shape index (κ1) is 23.0. The second-order valence-electron chi connectivity index (χ2n) is 8.25. The summed E-state index contributed by atoms with van der Waals surface area (Å²) in [6.45, 7) is 3.65. The van der Waals surface area contributed by atoms with Gasteiger partial charge in [-0.3, -0.25) is 4.79 Å². The van der Waals surface area contributed by atoms with E-state index in [4.69, 9.17) is 30.8 Å². The van der Waals surface area contributed by atoms with Crippen LogP contribution in [0.25, 0.3) is 10.9 Å². The lowest BCUT2D eigenvalue weighted by molar-refractivity contribution is 0.0677. The van der Waals surface area contributed by atoms with Gasteiger partial charge >= 0.3 is 0 Å². The number of hydrogen-bond acceptors (Lipinski definition) is 6. The highest BCUT2D eigenvalue weighted by Gasteiger charge is 2.24. The van der Waals surface area contributed by atoms with E-state index in [1.807, 2.05) is 17.0 Å². The predicted octanol–water partition coefficient (Wildman–Crippen LogP) is 5.53. The van der Waals surface area contributed by atoms with E-state index < -0.39 is 0 Å². The van der Waals surface area contributed by atoms with Crippen LogP contribution in [0, 0.1) is 5.92 Å². The average Bonchev–Trinajstić information content (AvgIpc) is 2.82. The maximum Gasteiger partial charge on any atom is 0.272 e. The van der Waals surface area contributed by atoms with Crippen molar-refractivity contribution in [2.45, 2.75) is 19.8 Å². The van der Waals surface area contributed by atoms with Crippen LogP contribution in [0.1, 0.15) is 30.3 Å². The Balaban J connectivity index is 1.81. The minimum absolute atomic E-state index is 0.0750. The Labute approximate surface area is 198 Å². The molecule has 1 aliphatic rings. The van der Waals surface area contributed by atoms with Gasteiger partial charge in [0.25, 0.3) is 5.91 Å². The van der Waals surface area contributed by atoms with Gasteiger partial charge in [0.05, 0.1) is 37.6 Å². The summed E-state index contributed by atoms with van der Waals surface area (Å²) in [5, 5.41) is 4.67. The number of piperidine rings is 1. The third kappa shape index (κ3) is 4.78. The van der Waals surface area contributed by atoms with E-state index >= 15 is 0 Å². The number of benzene rings is 2. The van der Waals surface area contributed by atoms with E-state index in [2.05, 4.69) is 12.2 Å². The largest absolute Gasteiger partial charge is 0.495 e. The fraction of sp³-hybridized carbons (Fsp3) is 0.360. The number of hydrogen-bond donors (Lipinski definition) is 1. The van der Waals surface area contributed by atoms with E-state index in [0.717, 1.165) is 42.7 Å². The summed E-state index contributed by atoms with van der Waals surface area (Å²) in [5.41, 5.74) is 2.49. The summed E-state index contributed by atoms with van der Waals surface area (Å²) in [5.74, 6) is 2.11. The SMILES string of the molecule is COc1ccc(Nc2cc(C(=O)N3CCC[C@@H](C)C3)nc3cc(OC)c(OC)cc23)cc1Cl. The first-order valence-electron chi connectivity index (χ1n) is 10.9. The molecule has 0 radical (unpaired) electrons. The molecule has 1 amide bonds. The van der Waals surface area contributed by atoms with Crippen LogP contribution < -0.4 is 19.5 Å². The number of carbonyl (C=O) groups excluding carboxylic acids is 1. The molecule has 0 unspecified atom stereocenters. The first-order chi connectivity index (χ1) is 15.9. The van der Waals surface area contributed by atoms with Crippen molar-refractivity contribution in [3.05, 3.63) is 47.1 Å². The summed E-state index contributed by atoms with van der Waals surface area (Å²) in [6.07, 6.45) is 2.14. The molecule has 0 saturated carbocycles. The molecule has 1 atom stereocenters. The van der Waals surface area contributed by atoms with Gasteiger partial charge in [0.1, 0.15) is 11.4 Å². The number of nitrogens with zero attached hydrogens (tertiary/aromatic N) is 2. The lowest BCUT2D eigenvalue weighted by Gasteiger charge is -2.30. The van der Waals surface area contributed by atoms with Crippen molar-refractivity contribution in [1.82, 2.24) is 9.88 Å². The van der Waals surface area contributed by atoms with Crippen LogP contribution >= 0.6 is 11.6 Å². The smallest absolute Gasteiger partial charge is 0.272 e. The first-order valence-corrected chi connectivity index (χ1v) is 11.3. The van der Waals surface area contributed by atoms with E-state index in [-0.39, 0.29) is 5.91 Å². The standard InChI is InChI=1S/C25H28ClN3O4/c1-15-6-5-9-29(14-15)25(30)21-12-19(27-16-7-8-22(31-2)18(26)10-16)17-11-23(32-3)24(33-4)13-20(17)28-21/h7-8,10-13,15H,5-6,9,14H2,1-4H3,(H,27,28)/t15-/m1/s1. The highest BCUT2D eigenvalue weighted by Crippen LogP contribution is 2.37. The number of likely N-dealkylation sites (tertiary alicyclic amines) is 1. The van der Waals surface area contributed by atoms with E-state index in [1.54, 1.807) is 45.6 Å². The summed E-state index contributed by atoms with van der Waals surface area (Å²) in [4.78, 5) is 19.9. The van der Waals surface area contributed by atoms with E-state index in [1.165, 1.54) is 0 Å². The van der Waals surface area contributed by atoms with Gasteiger partial charge in [0.15, 0.2) is 11.5 Å². The van der Waals surface area contributed by atoms with Crippen LogP contribution in [-0.4, -0.2) is 50.2 Å². The normalized spacial score (nSPS) is 15.9. The van der Waals surface area contributed by atoms with Crippen LogP contribution in [0.4, 0.5) is 11.4 Å². The summed E-state index contributed by atoms with van der Waals surface area (Å²) >= 11 is 6.32. The molecular formula is C25H28ClN3O4. The fourth-order valence-electron chi connectivity index (χ4n) is 4.20. The molecular weight excluding hydrogens is 442 g/mol. The van der Waals surface area contributed by atoms with Gasteiger partial charge in [0, 0.05) is 30.2 Å². The molecule has 1 fully saturated rings. The Kier molecular flexibility index (Phi) is 6.79. The van der Waals surface area contributed by atoms with Gasteiger partial charge in [-0.15, -0.1) is 0 Å². The van der Waals surface area contributed by atoms with Gasteiger partial charge in [0.2, 0.25) is 0 Å². The molecule has 0 bridgehead atoms. The molecule has 2 aromatic carbocycles. The van der Waals surface area contributed by atoms with Crippen LogP contribution in [0.15, 0.2) is 36.4 Å². The molecule has 2 heterocycles. The molecule has 7 nitrogen and oxygen atoms in total. The van der Waals surface area contributed by atoms with Gasteiger partial charge in [-0.1, -0.05) is 18.5 Å². The van der Waals surface area contributed by atoms with Gasteiger partial charge < -0.3 is 24.4 Å². The number of methoxy groups -OCH3 is 3. The molecule has 0 aliphatic carbocycles. The van der Waals surface area contributed by atoms with Crippen molar-refractivity contribution in [3.63, 3.8) is 0 Å². The zero-order valence-electron chi connectivity index (χ0n) is 19.3. The van der Waals surface area contributed by atoms with Crippen LogP contribution in [0.2, 0.25) is 5.02 Å². The Bertz CT molecular complexity index is 1180. The van der Waals surface area contributed by atoms with Gasteiger partial charge in [-0.05, 0) is 49.1 Å². The predicted molar refractivity (Wildman–Crippen MR) is 130 cm³/mol. The number of halogens is 1. The maximum absolute atomic E-state index is 13.4. The quantitative estimate of drug-likeness (QED) is 0.511. The molecule has 1 saturated heterocycles. The van der Waals surface area contributed by atoms with Crippen molar-refractivity contribution in [3.8, 4) is 17.2 Å². The topological polar surface area (TPSA) is 72.9 Å². The number of fused-ring (bicyclic) bond motifs is 1. The monoisotopic (exact) mass is 469 g/mol. The molecule has 1 aromatic heterocycles. The van der Waals surface area contributed by atoms with Crippen molar-refractivity contribution < 1.29 is 19.0 Å². The lowest BCUT2D eigenvalue weighted by Crippen LogP contribution is -2.39. The molecule has 0 spiro atoms. The second kappa shape index (κ2) is 9.75. The van der Waals surface area contributed by atoms with E-state index in [9.17, 15) is 4.79 Å². The second-order valence-corrected chi connectivity index (χ2v) is 8.66. The lowest BCUT2D eigenvalue weighted by atomic mass is 10.00. The van der Waals surface area contributed by atoms with Crippen molar-refractivity contribution >= 4 is 39.8 Å². The number of ether oxygens (including phenoxy) is 3. The highest BCUT2D eigenvalue weighted by atomic mass is 35.5. The third-order valence-corrected chi connectivity index (χ3v) is 6.20. The number of nitrogens with one attached hydrogen (secondary N) is 1. The Hall–Kier alpha value is -3.19. The number of pyridine rings is 1.